The Morgan fingerprint density at radius 1 is 1.43 bits per heavy atom. The minimum absolute atomic E-state index is 0.0631. The lowest BCUT2D eigenvalue weighted by Gasteiger charge is -2.15. The quantitative estimate of drug-likeness (QED) is 0.374. The molecule has 0 atom stereocenters. The van der Waals surface area contributed by atoms with Crippen molar-refractivity contribution in [3.05, 3.63) is 46.2 Å². The Balaban J connectivity index is 3.00. The highest BCUT2D eigenvalue weighted by Crippen LogP contribution is 2.23. The number of carbonyl (C=O) groups excluding carboxylic acids is 1. The van der Waals surface area contributed by atoms with Gasteiger partial charge in [0.15, 0.2) is 0 Å². The first kappa shape index (κ1) is 16.2. The molecule has 1 aromatic carbocycles. The van der Waals surface area contributed by atoms with Crippen molar-refractivity contribution < 1.29 is 9.72 Å². The van der Waals surface area contributed by atoms with E-state index >= 15 is 0 Å². The third-order valence-corrected chi connectivity index (χ3v) is 2.84. The van der Waals surface area contributed by atoms with Crippen LogP contribution in [0.1, 0.15) is 13.8 Å². The molecule has 0 unspecified atom stereocenters. The summed E-state index contributed by atoms with van der Waals surface area (Å²) in [4.78, 5) is 24.1. The molecule has 0 aliphatic heterocycles. The molecular formula is C14H16N4O3. The summed E-state index contributed by atoms with van der Waals surface area (Å²) < 4.78 is 0. The molecule has 1 N–H and O–H groups in total. The molecule has 0 aliphatic carbocycles. The van der Waals surface area contributed by atoms with Crippen molar-refractivity contribution >= 4 is 17.3 Å². The zero-order chi connectivity index (χ0) is 15.8. The van der Waals surface area contributed by atoms with Crippen molar-refractivity contribution in [2.75, 3.05) is 18.4 Å². The van der Waals surface area contributed by atoms with E-state index in [-0.39, 0.29) is 16.9 Å². The van der Waals surface area contributed by atoms with Gasteiger partial charge >= 0.3 is 0 Å². The van der Waals surface area contributed by atoms with Crippen LogP contribution < -0.4 is 5.32 Å². The van der Waals surface area contributed by atoms with Crippen LogP contribution in [0.2, 0.25) is 0 Å². The Kier molecular flexibility index (Phi) is 5.89. The van der Waals surface area contributed by atoms with Gasteiger partial charge in [0.25, 0.3) is 11.6 Å². The molecular weight excluding hydrogens is 272 g/mol. The van der Waals surface area contributed by atoms with Gasteiger partial charge in [-0.05, 0) is 19.9 Å². The monoisotopic (exact) mass is 288 g/mol. The summed E-state index contributed by atoms with van der Waals surface area (Å²) in [5.74, 6) is -0.668. The lowest BCUT2D eigenvalue weighted by molar-refractivity contribution is -0.383. The van der Waals surface area contributed by atoms with Crippen molar-refractivity contribution in [3.63, 3.8) is 0 Å². The molecule has 21 heavy (non-hydrogen) atoms. The Morgan fingerprint density at radius 3 is 2.57 bits per heavy atom. The second-order valence-corrected chi connectivity index (χ2v) is 4.10. The minimum Gasteiger partial charge on any atom is -0.377 e. The predicted molar refractivity (Wildman–Crippen MR) is 78.3 cm³/mol. The van der Waals surface area contributed by atoms with Crippen LogP contribution in [-0.2, 0) is 4.79 Å². The second kappa shape index (κ2) is 7.65. The van der Waals surface area contributed by atoms with Crippen molar-refractivity contribution in [2.45, 2.75) is 13.8 Å². The molecule has 7 heteroatoms. The fraction of sp³-hybridized carbons (Fsp3) is 0.286. The van der Waals surface area contributed by atoms with E-state index in [1.807, 2.05) is 19.9 Å². The molecule has 1 amide bonds. The zero-order valence-electron chi connectivity index (χ0n) is 11.9. The Bertz CT molecular complexity index is 600. The number of hydrogen-bond donors (Lipinski definition) is 1. The molecule has 0 heterocycles. The third kappa shape index (κ3) is 4.31. The van der Waals surface area contributed by atoms with Gasteiger partial charge in [-0.1, -0.05) is 12.1 Å². The lowest BCUT2D eigenvalue weighted by atomic mass is 10.2. The molecule has 0 aliphatic rings. The van der Waals surface area contributed by atoms with Gasteiger partial charge in [0, 0.05) is 25.4 Å². The lowest BCUT2D eigenvalue weighted by Crippen LogP contribution is -2.21. The fourth-order valence-electron chi connectivity index (χ4n) is 1.66. The van der Waals surface area contributed by atoms with Crippen LogP contribution in [0.25, 0.3) is 0 Å². The van der Waals surface area contributed by atoms with Crippen LogP contribution >= 0.6 is 0 Å². The van der Waals surface area contributed by atoms with Gasteiger partial charge in [0.2, 0.25) is 0 Å². The number of carbonyl (C=O) groups is 1. The summed E-state index contributed by atoms with van der Waals surface area (Å²) in [5.41, 5.74) is -0.254. The molecule has 7 nitrogen and oxygen atoms in total. The average Bonchev–Trinajstić information content (AvgIpc) is 2.48. The van der Waals surface area contributed by atoms with Crippen molar-refractivity contribution in [2.24, 2.45) is 0 Å². The molecule has 0 saturated heterocycles. The number of hydrogen-bond acceptors (Lipinski definition) is 5. The molecule has 110 valence electrons. The number of nitrogens with one attached hydrogen (secondary N) is 1. The number of nitro groups is 1. The van der Waals surface area contributed by atoms with Crippen LogP contribution in [0, 0.1) is 21.4 Å². The van der Waals surface area contributed by atoms with Crippen molar-refractivity contribution in [1.82, 2.24) is 4.90 Å². The fourth-order valence-corrected chi connectivity index (χ4v) is 1.66. The van der Waals surface area contributed by atoms with E-state index in [0.717, 1.165) is 0 Å². The Labute approximate surface area is 122 Å². The summed E-state index contributed by atoms with van der Waals surface area (Å²) in [6, 6.07) is 7.59. The first-order chi connectivity index (χ1) is 10.0. The van der Waals surface area contributed by atoms with E-state index in [4.69, 9.17) is 5.26 Å². The summed E-state index contributed by atoms with van der Waals surface area (Å²) in [7, 11) is 0. The number of nitrogens with zero attached hydrogens (tertiary/aromatic N) is 3. The first-order valence-corrected chi connectivity index (χ1v) is 6.44. The maximum atomic E-state index is 12.0. The van der Waals surface area contributed by atoms with Gasteiger partial charge in [-0.25, -0.2) is 0 Å². The van der Waals surface area contributed by atoms with Crippen molar-refractivity contribution in [3.8, 4) is 6.07 Å². The summed E-state index contributed by atoms with van der Waals surface area (Å²) in [6.45, 7) is 5.10. The summed E-state index contributed by atoms with van der Waals surface area (Å²) >= 11 is 0. The van der Waals surface area contributed by atoms with Gasteiger partial charge in [0.1, 0.15) is 17.3 Å². The third-order valence-electron chi connectivity index (χ3n) is 2.84. The molecule has 0 bridgehead atoms. The van der Waals surface area contributed by atoms with Gasteiger partial charge in [-0.3, -0.25) is 14.9 Å². The number of benzene rings is 1. The molecule has 0 saturated carbocycles. The maximum Gasteiger partial charge on any atom is 0.292 e. The van der Waals surface area contributed by atoms with Crippen LogP contribution in [0.3, 0.4) is 0 Å². The average molecular weight is 288 g/mol. The van der Waals surface area contributed by atoms with Crippen LogP contribution in [0.5, 0.6) is 0 Å². The molecule has 0 radical (unpaired) electrons. The molecule has 0 spiro atoms. The highest BCUT2D eigenvalue weighted by Gasteiger charge is 2.17. The van der Waals surface area contributed by atoms with E-state index in [1.165, 1.54) is 24.4 Å². The van der Waals surface area contributed by atoms with Gasteiger partial charge in [-0.2, -0.15) is 5.26 Å². The molecule has 0 aromatic heterocycles. The molecule has 1 aromatic rings. The van der Waals surface area contributed by atoms with E-state index in [1.54, 1.807) is 11.0 Å². The van der Waals surface area contributed by atoms with Crippen molar-refractivity contribution in [1.29, 1.82) is 5.26 Å². The van der Waals surface area contributed by atoms with E-state index in [0.29, 0.717) is 13.1 Å². The smallest absolute Gasteiger partial charge is 0.292 e. The largest absolute Gasteiger partial charge is 0.377 e. The number of amides is 1. The number of anilines is 1. The number of rotatable bonds is 6. The predicted octanol–water partition coefficient (Wildman–Crippen LogP) is 2.28. The zero-order valence-corrected chi connectivity index (χ0v) is 11.9. The topological polar surface area (TPSA) is 99.3 Å². The van der Waals surface area contributed by atoms with Gasteiger partial charge in [0.05, 0.1) is 4.92 Å². The van der Waals surface area contributed by atoms with E-state index < -0.39 is 10.8 Å². The van der Waals surface area contributed by atoms with Gasteiger partial charge < -0.3 is 10.2 Å². The van der Waals surface area contributed by atoms with Crippen LogP contribution in [-0.4, -0.2) is 28.8 Å². The highest BCUT2D eigenvalue weighted by atomic mass is 16.6. The summed E-state index contributed by atoms with van der Waals surface area (Å²) in [6.07, 6.45) is 1.45. The van der Waals surface area contributed by atoms with E-state index in [2.05, 4.69) is 5.32 Å². The van der Waals surface area contributed by atoms with Crippen LogP contribution in [0.15, 0.2) is 36.0 Å². The molecule has 0 fully saturated rings. The first-order valence-electron chi connectivity index (χ1n) is 6.44. The molecule has 1 rings (SSSR count). The maximum absolute atomic E-state index is 12.0. The Morgan fingerprint density at radius 2 is 2.05 bits per heavy atom. The highest BCUT2D eigenvalue weighted by molar-refractivity contribution is 6.07. The van der Waals surface area contributed by atoms with Gasteiger partial charge in [-0.15, -0.1) is 0 Å². The number of nitriles is 1. The summed E-state index contributed by atoms with van der Waals surface area (Å²) in [5, 5.41) is 22.3. The second-order valence-electron chi connectivity index (χ2n) is 4.10. The normalized spacial score (nSPS) is 10.6. The SMILES string of the molecule is CCN(/C=C(/C#N)C(=O)Nc1ccccc1[N+](=O)[O-])CC. The number of nitro benzene ring substituents is 1. The van der Waals surface area contributed by atoms with E-state index in [9.17, 15) is 14.9 Å². The standard InChI is InChI=1S/C14H16N4O3/c1-3-17(4-2)10-11(9-15)14(19)16-12-7-5-6-8-13(12)18(20)21/h5-8,10H,3-4H2,1-2H3,(H,16,19)/b11-10-. The van der Waals surface area contributed by atoms with Crippen LogP contribution in [0.4, 0.5) is 11.4 Å². The Hall–Kier alpha value is -2.88. The minimum atomic E-state index is -0.668. The number of para-hydroxylation sites is 2.